The van der Waals surface area contributed by atoms with Crippen LogP contribution in [0.2, 0.25) is 0 Å². The van der Waals surface area contributed by atoms with Gasteiger partial charge < -0.3 is 4.42 Å². The van der Waals surface area contributed by atoms with Crippen molar-refractivity contribution < 1.29 is 4.42 Å². The molecule has 0 unspecified atom stereocenters. The van der Waals surface area contributed by atoms with E-state index in [2.05, 4.69) is 0 Å². The number of aromatic nitrogens is 1. The van der Waals surface area contributed by atoms with Crippen LogP contribution in [0.15, 0.2) is 33.5 Å². The van der Waals surface area contributed by atoms with Crippen LogP contribution in [0.4, 0.5) is 0 Å². The molecule has 4 heteroatoms. The van der Waals surface area contributed by atoms with Crippen LogP contribution in [0.1, 0.15) is 0 Å². The van der Waals surface area contributed by atoms with Crippen LogP contribution in [0, 0.1) is 0 Å². The largest absolute Gasteiger partial charge is 0.434 e. The Morgan fingerprint density at radius 3 is 2.82 bits per heavy atom. The molecule has 0 amide bonds. The van der Waals surface area contributed by atoms with Gasteiger partial charge in [-0.1, -0.05) is 12.1 Å². The Bertz CT molecular complexity index is 443. The molecule has 0 aliphatic heterocycles. The summed E-state index contributed by atoms with van der Waals surface area (Å²) in [5.74, 6) is -0.548. The first-order valence-electron chi connectivity index (χ1n) is 3.06. The van der Waals surface area contributed by atoms with Crippen LogP contribution in [0.3, 0.4) is 0 Å². The molecule has 0 atom stereocenters. The molecule has 0 saturated carbocycles. The van der Waals surface area contributed by atoms with Crippen molar-refractivity contribution in [1.29, 1.82) is 0 Å². The molecule has 11 heavy (non-hydrogen) atoms. The van der Waals surface area contributed by atoms with E-state index in [4.69, 9.17) is 16.2 Å². The maximum Gasteiger partial charge on any atom is 0.434 e. The summed E-state index contributed by atoms with van der Waals surface area (Å²) in [7, 11) is 0. The zero-order chi connectivity index (χ0) is 7.84. The average Bonchev–Trinajstić information content (AvgIpc) is 2.30. The highest BCUT2D eigenvalue weighted by Crippen LogP contribution is 2.11. The molecule has 3 nitrogen and oxygen atoms in total. The molecule has 0 fully saturated rings. The maximum absolute atomic E-state index is 10.8. The highest BCUT2D eigenvalue weighted by atomic mass is 35.5. The lowest BCUT2D eigenvalue weighted by atomic mass is 10.3. The molecule has 0 spiro atoms. The molecule has 2 aromatic rings. The van der Waals surface area contributed by atoms with E-state index < -0.39 is 5.76 Å². The SMILES string of the molecule is O=c1oc2ccccc2n1Cl. The van der Waals surface area contributed by atoms with Gasteiger partial charge in [0.2, 0.25) is 0 Å². The van der Waals surface area contributed by atoms with Crippen molar-refractivity contribution in [3.8, 4) is 0 Å². The highest BCUT2D eigenvalue weighted by molar-refractivity contribution is 6.18. The van der Waals surface area contributed by atoms with E-state index in [0.717, 1.165) is 4.09 Å². The van der Waals surface area contributed by atoms with Gasteiger partial charge in [-0.05, 0) is 12.1 Å². The topological polar surface area (TPSA) is 35.1 Å². The Balaban J connectivity index is 3.04. The predicted molar refractivity (Wildman–Crippen MR) is 41.7 cm³/mol. The molecule has 1 aromatic carbocycles. The lowest BCUT2D eigenvalue weighted by Crippen LogP contribution is -2.02. The van der Waals surface area contributed by atoms with Gasteiger partial charge in [0, 0.05) is 11.8 Å². The van der Waals surface area contributed by atoms with Crippen LogP contribution in [-0.2, 0) is 0 Å². The molecule has 56 valence electrons. The summed E-state index contributed by atoms with van der Waals surface area (Å²) in [4.78, 5) is 10.8. The fourth-order valence-corrected chi connectivity index (χ4v) is 1.11. The van der Waals surface area contributed by atoms with Gasteiger partial charge in [-0.15, -0.1) is 0 Å². The maximum atomic E-state index is 10.8. The van der Waals surface area contributed by atoms with Gasteiger partial charge in [0.05, 0.1) is 0 Å². The molecular formula is C7H4ClNO2. The molecule has 0 aliphatic rings. The van der Waals surface area contributed by atoms with E-state index in [-0.39, 0.29) is 0 Å². The number of rotatable bonds is 0. The van der Waals surface area contributed by atoms with Gasteiger partial charge >= 0.3 is 5.76 Å². The summed E-state index contributed by atoms with van der Waals surface area (Å²) in [6.45, 7) is 0. The molecule has 0 radical (unpaired) electrons. The first kappa shape index (κ1) is 6.49. The van der Waals surface area contributed by atoms with Crippen molar-refractivity contribution in [2.24, 2.45) is 0 Å². The van der Waals surface area contributed by atoms with Crippen molar-refractivity contribution >= 4 is 22.9 Å². The Morgan fingerprint density at radius 2 is 2.09 bits per heavy atom. The zero-order valence-corrected chi connectivity index (χ0v) is 6.21. The van der Waals surface area contributed by atoms with E-state index in [1.165, 1.54) is 0 Å². The van der Waals surface area contributed by atoms with E-state index >= 15 is 0 Å². The van der Waals surface area contributed by atoms with Crippen molar-refractivity contribution in [1.82, 2.24) is 4.09 Å². The summed E-state index contributed by atoms with van der Waals surface area (Å²) in [6, 6.07) is 6.97. The van der Waals surface area contributed by atoms with Crippen molar-refractivity contribution in [3.63, 3.8) is 0 Å². The predicted octanol–water partition coefficient (Wildman–Crippen LogP) is 1.60. The summed E-state index contributed by atoms with van der Waals surface area (Å²) in [5, 5.41) is 0. The normalized spacial score (nSPS) is 10.6. The van der Waals surface area contributed by atoms with Crippen LogP contribution >= 0.6 is 11.8 Å². The van der Waals surface area contributed by atoms with E-state index in [9.17, 15) is 4.79 Å². The van der Waals surface area contributed by atoms with E-state index in [0.29, 0.717) is 11.1 Å². The Kier molecular flexibility index (Phi) is 1.26. The Labute approximate surface area is 66.9 Å². The molecule has 0 saturated heterocycles. The van der Waals surface area contributed by atoms with Gasteiger partial charge in [-0.2, -0.15) is 4.09 Å². The zero-order valence-electron chi connectivity index (χ0n) is 5.45. The van der Waals surface area contributed by atoms with Crippen molar-refractivity contribution in [2.45, 2.75) is 0 Å². The number of benzene rings is 1. The first-order valence-corrected chi connectivity index (χ1v) is 3.39. The lowest BCUT2D eigenvalue weighted by molar-refractivity contribution is 0.548. The standard InChI is InChI=1S/C7H4ClNO2/c8-9-5-3-1-2-4-6(5)11-7(9)10/h1-4H. The fraction of sp³-hybridized carbons (Fsp3) is 0. The average molecular weight is 170 g/mol. The van der Waals surface area contributed by atoms with Gasteiger partial charge in [0.15, 0.2) is 5.58 Å². The third-order valence-electron chi connectivity index (χ3n) is 1.43. The molecule has 0 bridgehead atoms. The number of fused-ring (bicyclic) bond motifs is 1. The molecule has 0 aliphatic carbocycles. The quantitative estimate of drug-likeness (QED) is 0.601. The van der Waals surface area contributed by atoms with Gasteiger partial charge in [-0.25, -0.2) is 4.79 Å². The molecule has 0 N–H and O–H groups in total. The second-order valence-electron chi connectivity index (χ2n) is 2.12. The number of nitrogens with zero attached hydrogens (tertiary/aromatic N) is 1. The lowest BCUT2D eigenvalue weighted by Gasteiger charge is -1.84. The summed E-state index contributed by atoms with van der Waals surface area (Å²) in [6.07, 6.45) is 0. The van der Waals surface area contributed by atoms with Crippen LogP contribution in [-0.4, -0.2) is 4.09 Å². The molecular weight excluding hydrogens is 166 g/mol. The van der Waals surface area contributed by atoms with Gasteiger partial charge in [0.1, 0.15) is 5.52 Å². The molecule has 2 rings (SSSR count). The Morgan fingerprint density at radius 1 is 1.36 bits per heavy atom. The number of hydrogen-bond donors (Lipinski definition) is 0. The summed E-state index contributed by atoms with van der Waals surface area (Å²) >= 11 is 5.55. The van der Waals surface area contributed by atoms with Crippen LogP contribution < -0.4 is 5.76 Å². The molecule has 1 heterocycles. The fourth-order valence-electron chi connectivity index (χ4n) is 0.938. The number of oxazole rings is 1. The van der Waals surface area contributed by atoms with Crippen molar-refractivity contribution in [3.05, 3.63) is 34.8 Å². The Hall–Kier alpha value is -1.22. The number of para-hydroxylation sites is 2. The third-order valence-corrected chi connectivity index (χ3v) is 1.75. The minimum absolute atomic E-state index is 0.507. The second-order valence-corrected chi connectivity index (χ2v) is 2.45. The van der Waals surface area contributed by atoms with Crippen LogP contribution in [0.5, 0.6) is 0 Å². The third kappa shape index (κ3) is 0.851. The van der Waals surface area contributed by atoms with Crippen molar-refractivity contribution in [2.75, 3.05) is 0 Å². The van der Waals surface area contributed by atoms with Crippen LogP contribution in [0.25, 0.3) is 11.1 Å². The highest BCUT2D eigenvalue weighted by Gasteiger charge is 2.04. The van der Waals surface area contributed by atoms with Gasteiger partial charge in [0.25, 0.3) is 0 Å². The monoisotopic (exact) mass is 169 g/mol. The second kappa shape index (κ2) is 2.13. The summed E-state index contributed by atoms with van der Waals surface area (Å²) in [5.41, 5.74) is 1.10. The molecule has 1 aromatic heterocycles. The smallest absolute Gasteiger partial charge is 0.407 e. The van der Waals surface area contributed by atoms with E-state index in [1.807, 2.05) is 0 Å². The van der Waals surface area contributed by atoms with Gasteiger partial charge in [-0.3, -0.25) is 0 Å². The number of hydrogen-bond acceptors (Lipinski definition) is 2. The minimum Gasteiger partial charge on any atom is -0.407 e. The minimum atomic E-state index is -0.548. The summed E-state index contributed by atoms with van der Waals surface area (Å²) < 4.78 is 5.73. The van der Waals surface area contributed by atoms with E-state index in [1.54, 1.807) is 24.3 Å². The number of halogens is 1. The first-order chi connectivity index (χ1) is 5.29.